The van der Waals surface area contributed by atoms with Crippen molar-refractivity contribution in [2.75, 3.05) is 32.7 Å². The maximum absolute atomic E-state index is 13.0. The predicted octanol–water partition coefficient (Wildman–Crippen LogP) is 1.03. The maximum Gasteiger partial charge on any atom is 0.317 e. The van der Waals surface area contributed by atoms with E-state index in [2.05, 4.69) is 4.90 Å². The van der Waals surface area contributed by atoms with Gasteiger partial charge in [-0.2, -0.15) is 0 Å². The third-order valence-electron chi connectivity index (χ3n) is 3.12. The number of benzene rings is 1. The maximum atomic E-state index is 13.0. The molecule has 0 unspecified atom stereocenters. The van der Waals surface area contributed by atoms with E-state index in [-0.39, 0.29) is 12.4 Å². The van der Waals surface area contributed by atoms with Crippen molar-refractivity contribution in [2.45, 2.75) is 6.54 Å². The van der Waals surface area contributed by atoms with Gasteiger partial charge in [-0.3, -0.25) is 14.6 Å². The molecule has 0 bridgehead atoms. The number of piperazine rings is 1. The van der Waals surface area contributed by atoms with E-state index in [0.29, 0.717) is 0 Å². The van der Waals surface area contributed by atoms with Crippen LogP contribution in [0.3, 0.4) is 0 Å². The van der Waals surface area contributed by atoms with Crippen LogP contribution in [0, 0.1) is 5.82 Å². The molecule has 2 rings (SSSR count). The molecule has 1 aromatic rings. The standard InChI is InChI=1S/C13H17FN2O2/c14-12-3-1-2-11(8-12)9-15-4-6-16(7-5-15)10-13(17)18/h1-3,8H,4-7,9-10H2,(H,17,18). The largest absolute Gasteiger partial charge is 0.480 e. The van der Waals surface area contributed by atoms with Gasteiger partial charge in [0.25, 0.3) is 0 Å². The number of carbonyl (C=O) groups is 1. The Morgan fingerprint density at radius 1 is 1.22 bits per heavy atom. The molecule has 0 spiro atoms. The van der Waals surface area contributed by atoms with Gasteiger partial charge in [0.1, 0.15) is 5.82 Å². The van der Waals surface area contributed by atoms with Crippen molar-refractivity contribution < 1.29 is 14.3 Å². The van der Waals surface area contributed by atoms with Crippen molar-refractivity contribution in [3.05, 3.63) is 35.6 Å². The summed E-state index contributed by atoms with van der Waals surface area (Å²) >= 11 is 0. The van der Waals surface area contributed by atoms with E-state index in [1.54, 1.807) is 12.1 Å². The van der Waals surface area contributed by atoms with Crippen molar-refractivity contribution in [1.82, 2.24) is 9.80 Å². The minimum absolute atomic E-state index is 0.105. The van der Waals surface area contributed by atoms with E-state index in [4.69, 9.17) is 5.11 Å². The first-order valence-corrected chi connectivity index (χ1v) is 6.04. The Morgan fingerprint density at radius 3 is 2.50 bits per heavy atom. The molecule has 1 saturated heterocycles. The Hall–Kier alpha value is -1.46. The highest BCUT2D eigenvalue weighted by Crippen LogP contribution is 2.09. The molecule has 0 amide bonds. The van der Waals surface area contributed by atoms with Gasteiger partial charge in [-0.15, -0.1) is 0 Å². The Kier molecular flexibility index (Phi) is 4.28. The Morgan fingerprint density at radius 2 is 1.89 bits per heavy atom. The van der Waals surface area contributed by atoms with E-state index in [1.807, 2.05) is 11.0 Å². The summed E-state index contributed by atoms with van der Waals surface area (Å²) < 4.78 is 13.0. The first-order valence-electron chi connectivity index (χ1n) is 6.04. The lowest BCUT2D eigenvalue weighted by molar-refractivity contribution is -0.138. The van der Waals surface area contributed by atoms with Gasteiger partial charge in [-0.25, -0.2) is 4.39 Å². The second-order valence-electron chi connectivity index (χ2n) is 4.58. The SMILES string of the molecule is O=C(O)CN1CCN(Cc2cccc(F)c2)CC1. The van der Waals surface area contributed by atoms with Crippen LogP contribution in [0.25, 0.3) is 0 Å². The average molecular weight is 252 g/mol. The third kappa shape index (κ3) is 3.78. The summed E-state index contributed by atoms with van der Waals surface area (Å²) in [6, 6.07) is 6.61. The zero-order valence-electron chi connectivity index (χ0n) is 10.2. The topological polar surface area (TPSA) is 43.8 Å². The van der Waals surface area contributed by atoms with E-state index in [1.165, 1.54) is 6.07 Å². The van der Waals surface area contributed by atoms with Crippen LogP contribution >= 0.6 is 0 Å². The molecule has 0 aromatic heterocycles. The summed E-state index contributed by atoms with van der Waals surface area (Å²) in [6.07, 6.45) is 0. The molecule has 4 nitrogen and oxygen atoms in total. The van der Waals surface area contributed by atoms with Crippen LogP contribution in [0.15, 0.2) is 24.3 Å². The first-order chi connectivity index (χ1) is 8.63. The first kappa shape index (κ1) is 13.0. The number of nitrogens with zero attached hydrogens (tertiary/aromatic N) is 2. The molecule has 0 saturated carbocycles. The fourth-order valence-corrected chi connectivity index (χ4v) is 2.19. The molecule has 0 aliphatic carbocycles. The quantitative estimate of drug-likeness (QED) is 0.869. The third-order valence-corrected chi connectivity index (χ3v) is 3.12. The van der Waals surface area contributed by atoms with Gasteiger partial charge in [0.05, 0.1) is 6.54 Å². The highest BCUT2D eigenvalue weighted by Gasteiger charge is 2.18. The number of rotatable bonds is 4. The van der Waals surface area contributed by atoms with Crippen LogP contribution in [0.2, 0.25) is 0 Å². The Bertz CT molecular complexity index is 417. The molecule has 18 heavy (non-hydrogen) atoms. The fourth-order valence-electron chi connectivity index (χ4n) is 2.19. The van der Waals surface area contributed by atoms with E-state index >= 15 is 0 Å². The Labute approximate surface area is 106 Å². The van der Waals surface area contributed by atoms with Crippen LogP contribution in [-0.2, 0) is 11.3 Å². The zero-order valence-corrected chi connectivity index (χ0v) is 10.2. The van der Waals surface area contributed by atoms with Crippen molar-refractivity contribution in [3.8, 4) is 0 Å². The van der Waals surface area contributed by atoms with E-state index in [0.717, 1.165) is 38.3 Å². The van der Waals surface area contributed by atoms with Gasteiger partial charge in [-0.05, 0) is 17.7 Å². The second-order valence-corrected chi connectivity index (χ2v) is 4.58. The van der Waals surface area contributed by atoms with Crippen molar-refractivity contribution in [1.29, 1.82) is 0 Å². The monoisotopic (exact) mass is 252 g/mol. The van der Waals surface area contributed by atoms with Crippen molar-refractivity contribution in [3.63, 3.8) is 0 Å². The zero-order chi connectivity index (χ0) is 13.0. The highest BCUT2D eigenvalue weighted by atomic mass is 19.1. The molecule has 1 aliphatic heterocycles. The smallest absolute Gasteiger partial charge is 0.317 e. The lowest BCUT2D eigenvalue weighted by atomic mass is 10.2. The van der Waals surface area contributed by atoms with Gasteiger partial charge in [0, 0.05) is 32.7 Å². The summed E-state index contributed by atoms with van der Waals surface area (Å²) in [4.78, 5) is 14.7. The summed E-state index contributed by atoms with van der Waals surface area (Å²) in [5.41, 5.74) is 0.960. The molecule has 1 aromatic carbocycles. The van der Waals surface area contributed by atoms with Gasteiger partial charge in [0.2, 0.25) is 0 Å². The second kappa shape index (κ2) is 5.93. The summed E-state index contributed by atoms with van der Waals surface area (Å²) in [5.74, 6) is -0.995. The van der Waals surface area contributed by atoms with Crippen LogP contribution < -0.4 is 0 Å². The number of hydrogen-bond acceptors (Lipinski definition) is 3. The summed E-state index contributed by atoms with van der Waals surface area (Å²) in [7, 11) is 0. The molecular formula is C13H17FN2O2. The van der Waals surface area contributed by atoms with Gasteiger partial charge in [-0.1, -0.05) is 12.1 Å². The normalized spacial score (nSPS) is 17.8. The van der Waals surface area contributed by atoms with Gasteiger partial charge >= 0.3 is 5.97 Å². The molecule has 1 aliphatic rings. The lowest BCUT2D eigenvalue weighted by Crippen LogP contribution is -2.47. The number of halogens is 1. The van der Waals surface area contributed by atoms with E-state index in [9.17, 15) is 9.18 Å². The molecule has 98 valence electrons. The summed E-state index contributed by atoms with van der Waals surface area (Å²) in [5, 5.41) is 8.70. The number of carboxylic acids is 1. The minimum atomic E-state index is -0.784. The molecule has 5 heteroatoms. The highest BCUT2D eigenvalue weighted by molar-refractivity contribution is 5.69. The van der Waals surface area contributed by atoms with Crippen molar-refractivity contribution in [2.24, 2.45) is 0 Å². The van der Waals surface area contributed by atoms with Gasteiger partial charge in [0.15, 0.2) is 0 Å². The van der Waals surface area contributed by atoms with E-state index < -0.39 is 5.97 Å². The van der Waals surface area contributed by atoms with Crippen LogP contribution in [0.4, 0.5) is 4.39 Å². The Balaban J connectivity index is 1.81. The number of carboxylic acid groups (broad SMARTS) is 1. The van der Waals surface area contributed by atoms with Crippen LogP contribution in [0.1, 0.15) is 5.56 Å². The molecular weight excluding hydrogens is 235 g/mol. The number of aliphatic carboxylic acids is 1. The molecule has 1 N–H and O–H groups in total. The number of hydrogen-bond donors (Lipinski definition) is 1. The molecule has 1 fully saturated rings. The lowest BCUT2D eigenvalue weighted by Gasteiger charge is -2.33. The van der Waals surface area contributed by atoms with Crippen LogP contribution in [-0.4, -0.2) is 53.6 Å². The van der Waals surface area contributed by atoms with Gasteiger partial charge < -0.3 is 5.11 Å². The van der Waals surface area contributed by atoms with Crippen LogP contribution in [0.5, 0.6) is 0 Å². The predicted molar refractivity (Wildman–Crippen MR) is 65.8 cm³/mol. The van der Waals surface area contributed by atoms with Crippen molar-refractivity contribution >= 4 is 5.97 Å². The minimum Gasteiger partial charge on any atom is -0.480 e. The molecule has 0 atom stereocenters. The molecule has 0 radical (unpaired) electrons. The molecule has 1 heterocycles. The summed E-state index contributed by atoms with van der Waals surface area (Å²) in [6.45, 7) is 3.98. The fraction of sp³-hybridized carbons (Fsp3) is 0.462. The average Bonchev–Trinajstić information content (AvgIpc) is 2.31.